The Morgan fingerprint density at radius 3 is 2.90 bits per heavy atom. The van der Waals surface area contributed by atoms with E-state index in [2.05, 4.69) is 49.1 Å². The van der Waals surface area contributed by atoms with E-state index in [1.807, 2.05) is 25.4 Å². The smallest absolute Gasteiger partial charge is 0.145 e. The third-order valence-electron chi connectivity index (χ3n) is 6.42. The van der Waals surface area contributed by atoms with Gasteiger partial charge in [0.25, 0.3) is 0 Å². The normalized spacial score (nSPS) is 21.5. The molecule has 1 fully saturated rings. The molecule has 0 radical (unpaired) electrons. The van der Waals surface area contributed by atoms with E-state index in [1.54, 1.807) is 0 Å². The minimum Gasteiger partial charge on any atom is -0.391 e. The zero-order valence-electron chi connectivity index (χ0n) is 17.0. The van der Waals surface area contributed by atoms with E-state index < -0.39 is 6.10 Å². The summed E-state index contributed by atoms with van der Waals surface area (Å²) in [6.07, 6.45) is 6.88. The molecule has 4 aromatic rings. The molecule has 7 heteroatoms. The van der Waals surface area contributed by atoms with E-state index in [-0.39, 0.29) is 12.0 Å². The summed E-state index contributed by atoms with van der Waals surface area (Å²) in [6, 6.07) is 12.5. The Kier molecular flexibility index (Phi) is 4.75. The number of hydrogen-bond donors (Lipinski definition) is 3. The summed E-state index contributed by atoms with van der Waals surface area (Å²) in [5.41, 5.74) is 9.02. The van der Waals surface area contributed by atoms with Crippen LogP contribution in [0.5, 0.6) is 0 Å². The summed E-state index contributed by atoms with van der Waals surface area (Å²) < 4.78 is 2.07. The van der Waals surface area contributed by atoms with Gasteiger partial charge in [-0.05, 0) is 61.4 Å². The molecule has 3 aromatic heterocycles. The van der Waals surface area contributed by atoms with Crippen molar-refractivity contribution in [2.24, 2.45) is 5.92 Å². The molecule has 1 saturated carbocycles. The number of benzene rings is 1. The van der Waals surface area contributed by atoms with E-state index >= 15 is 0 Å². The lowest BCUT2D eigenvalue weighted by Crippen LogP contribution is -2.24. The topological polar surface area (TPSA) is 102 Å². The van der Waals surface area contributed by atoms with Crippen LogP contribution in [0.4, 0.5) is 11.6 Å². The van der Waals surface area contributed by atoms with Gasteiger partial charge in [0.1, 0.15) is 23.6 Å². The number of anilines is 2. The summed E-state index contributed by atoms with van der Waals surface area (Å²) in [5.74, 6) is 1.62. The number of aliphatic hydroxyl groups is 1. The molecule has 7 nitrogen and oxygen atoms in total. The van der Waals surface area contributed by atoms with E-state index in [4.69, 9.17) is 5.73 Å². The van der Waals surface area contributed by atoms with Gasteiger partial charge in [-0.1, -0.05) is 12.1 Å². The van der Waals surface area contributed by atoms with Crippen molar-refractivity contribution in [3.63, 3.8) is 0 Å². The van der Waals surface area contributed by atoms with Crippen LogP contribution in [0.15, 0.2) is 48.9 Å². The highest BCUT2D eigenvalue weighted by Gasteiger charge is 2.36. The van der Waals surface area contributed by atoms with Crippen LogP contribution in [0.25, 0.3) is 21.9 Å². The first-order valence-corrected chi connectivity index (χ1v) is 10.5. The molecule has 3 atom stereocenters. The second-order valence-electron chi connectivity index (χ2n) is 8.13. The van der Waals surface area contributed by atoms with Crippen molar-refractivity contribution in [2.45, 2.75) is 37.8 Å². The fourth-order valence-corrected chi connectivity index (χ4v) is 4.73. The Bertz CT molecular complexity index is 1200. The highest BCUT2D eigenvalue weighted by molar-refractivity contribution is 5.86. The number of hydrogen-bond acceptors (Lipinski definition) is 6. The first kappa shape index (κ1) is 18.8. The molecule has 0 spiro atoms. The number of nitrogens with one attached hydrogen (secondary N) is 1. The van der Waals surface area contributed by atoms with Gasteiger partial charge in [-0.15, -0.1) is 0 Å². The lowest BCUT2D eigenvalue weighted by Gasteiger charge is -2.21. The molecule has 3 heterocycles. The number of rotatable bonds is 5. The molecule has 1 aliphatic carbocycles. The van der Waals surface area contributed by atoms with Gasteiger partial charge >= 0.3 is 0 Å². The van der Waals surface area contributed by atoms with Gasteiger partial charge in [-0.3, -0.25) is 0 Å². The summed E-state index contributed by atoms with van der Waals surface area (Å²) in [5, 5.41) is 16.1. The number of aromatic nitrogens is 4. The van der Waals surface area contributed by atoms with Crippen LogP contribution in [-0.4, -0.2) is 37.8 Å². The van der Waals surface area contributed by atoms with Gasteiger partial charge in [0.15, 0.2) is 0 Å². The summed E-state index contributed by atoms with van der Waals surface area (Å²) in [7, 11) is 1.88. The molecule has 1 aromatic carbocycles. The molecule has 0 saturated heterocycles. The van der Waals surface area contributed by atoms with Crippen molar-refractivity contribution in [2.75, 3.05) is 18.1 Å². The highest BCUT2D eigenvalue weighted by atomic mass is 16.3. The van der Waals surface area contributed by atoms with Crippen LogP contribution in [0.3, 0.4) is 0 Å². The van der Waals surface area contributed by atoms with Crippen molar-refractivity contribution in [3.8, 4) is 0 Å². The lowest BCUT2D eigenvalue weighted by molar-refractivity contribution is 0.0925. The van der Waals surface area contributed by atoms with Crippen LogP contribution < -0.4 is 11.1 Å². The SMILES string of the molecule is CNc1ccc2ccc(CCC3CCC(n4ccc5c(N)ncnc54)[C@H]3O)cc2n1. The quantitative estimate of drug-likeness (QED) is 0.472. The third-order valence-corrected chi connectivity index (χ3v) is 6.42. The summed E-state index contributed by atoms with van der Waals surface area (Å²) >= 11 is 0. The van der Waals surface area contributed by atoms with Crippen molar-refractivity contribution in [3.05, 3.63) is 54.5 Å². The molecule has 4 N–H and O–H groups in total. The van der Waals surface area contributed by atoms with Crippen LogP contribution in [0, 0.1) is 5.92 Å². The molecule has 1 aliphatic rings. The average molecular weight is 403 g/mol. The van der Waals surface area contributed by atoms with Gasteiger partial charge in [0.2, 0.25) is 0 Å². The molecule has 30 heavy (non-hydrogen) atoms. The number of nitrogens with two attached hydrogens (primary N) is 1. The number of aliphatic hydroxyl groups excluding tert-OH is 1. The fourth-order valence-electron chi connectivity index (χ4n) is 4.73. The molecule has 5 rings (SSSR count). The van der Waals surface area contributed by atoms with Gasteiger partial charge in [0, 0.05) is 18.6 Å². The second kappa shape index (κ2) is 7.57. The van der Waals surface area contributed by atoms with Crippen molar-refractivity contribution < 1.29 is 5.11 Å². The van der Waals surface area contributed by atoms with Crippen molar-refractivity contribution >= 4 is 33.6 Å². The zero-order valence-corrected chi connectivity index (χ0v) is 17.0. The van der Waals surface area contributed by atoms with Gasteiger partial charge in [0.05, 0.1) is 23.0 Å². The standard InChI is InChI=1S/C23H26N6O/c1-25-20-9-7-15-4-2-14(12-18(15)28-20)3-5-16-6-8-19(21(16)30)29-11-10-17-22(24)26-13-27-23(17)29/h2,4,7,9-13,16,19,21,30H,3,5-6,8H2,1H3,(H,25,28)(H2,24,26,27)/t16?,19?,21-/m0/s1. The van der Waals surface area contributed by atoms with E-state index in [0.717, 1.165) is 53.4 Å². The van der Waals surface area contributed by atoms with E-state index in [0.29, 0.717) is 5.82 Å². The maximum absolute atomic E-state index is 11.1. The summed E-state index contributed by atoms with van der Waals surface area (Å²) in [6.45, 7) is 0. The Hall–Kier alpha value is -3.19. The predicted octanol–water partition coefficient (Wildman–Crippen LogP) is 3.55. The van der Waals surface area contributed by atoms with Crippen LogP contribution in [0.1, 0.15) is 30.9 Å². The van der Waals surface area contributed by atoms with Crippen LogP contribution in [-0.2, 0) is 6.42 Å². The van der Waals surface area contributed by atoms with Gasteiger partial charge in [-0.25, -0.2) is 15.0 Å². The van der Waals surface area contributed by atoms with Crippen molar-refractivity contribution in [1.82, 2.24) is 19.5 Å². The van der Waals surface area contributed by atoms with E-state index in [9.17, 15) is 5.11 Å². The van der Waals surface area contributed by atoms with Crippen LogP contribution >= 0.6 is 0 Å². The largest absolute Gasteiger partial charge is 0.391 e. The Morgan fingerprint density at radius 2 is 2.03 bits per heavy atom. The van der Waals surface area contributed by atoms with Crippen molar-refractivity contribution in [1.29, 1.82) is 0 Å². The van der Waals surface area contributed by atoms with Crippen LogP contribution in [0.2, 0.25) is 0 Å². The number of pyridine rings is 1. The Labute approximate surface area is 175 Å². The molecule has 0 bridgehead atoms. The molecule has 2 unspecified atom stereocenters. The highest BCUT2D eigenvalue weighted by Crippen LogP contribution is 2.39. The molecule has 0 aliphatic heterocycles. The minimum absolute atomic E-state index is 0.0262. The monoisotopic (exact) mass is 402 g/mol. The maximum atomic E-state index is 11.1. The third kappa shape index (κ3) is 3.25. The number of nitrogen functional groups attached to an aromatic ring is 1. The molecular weight excluding hydrogens is 376 g/mol. The predicted molar refractivity (Wildman–Crippen MR) is 119 cm³/mol. The first-order chi connectivity index (χ1) is 14.6. The Balaban J connectivity index is 1.30. The van der Waals surface area contributed by atoms with E-state index in [1.165, 1.54) is 11.9 Å². The lowest BCUT2D eigenvalue weighted by atomic mass is 9.95. The molecular formula is C23H26N6O. The average Bonchev–Trinajstić information content (AvgIpc) is 3.35. The number of aryl methyl sites for hydroxylation is 1. The minimum atomic E-state index is -0.397. The second-order valence-corrected chi connectivity index (χ2v) is 8.13. The zero-order chi connectivity index (χ0) is 20.7. The molecule has 0 amide bonds. The fraction of sp³-hybridized carbons (Fsp3) is 0.348. The number of fused-ring (bicyclic) bond motifs is 2. The first-order valence-electron chi connectivity index (χ1n) is 10.5. The maximum Gasteiger partial charge on any atom is 0.145 e. The van der Waals surface area contributed by atoms with Gasteiger partial charge in [-0.2, -0.15) is 0 Å². The Morgan fingerprint density at radius 1 is 1.17 bits per heavy atom. The number of nitrogens with zero attached hydrogens (tertiary/aromatic N) is 4. The van der Waals surface area contributed by atoms with Gasteiger partial charge < -0.3 is 20.7 Å². The molecule has 154 valence electrons. The summed E-state index contributed by atoms with van der Waals surface area (Å²) in [4.78, 5) is 13.1.